The van der Waals surface area contributed by atoms with Crippen LogP contribution in [-0.4, -0.2) is 6.04 Å². The Morgan fingerprint density at radius 3 is 2.89 bits per heavy atom. The van der Waals surface area contributed by atoms with Crippen molar-refractivity contribution in [2.24, 2.45) is 0 Å². The molecule has 0 amide bonds. The van der Waals surface area contributed by atoms with Gasteiger partial charge in [-0.05, 0) is 55.0 Å². The lowest BCUT2D eigenvalue weighted by atomic mass is 9.94. The topological polar surface area (TPSA) is 38.0 Å². The second kappa shape index (κ2) is 5.35. The van der Waals surface area contributed by atoms with Gasteiger partial charge in [0.15, 0.2) is 0 Å². The van der Waals surface area contributed by atoms with E-state index >= 15 is 0 Å². The van der Waals surface area contributed by atoms with Crippen LogP contribution < -0.4 is 11.1 Å². The molecule has 0 saturated carbocycles. The van der Waals surface area contributed by atoms with Crippen molar-refractivity contribution in [1.82, 2.24) is 0 Å². The van der Waals surface area contributed by atoms with Crippen molar-refractivity contribution in [2.45, 2.75) is 31.7 Å². The zero-order chi connectivity index (χ0) is 13.1. The molecular formula is C17H20N2. The molecule has 1 heterocycles. The number of nitrogens with two attached hydrogens (primary N) is 1. The average Bonchev–Trinajstić information content (AvgIpc) is 2.45. The highest BCUT2D eigenvalue weighted by atomic mass is 14.9. The summed E-state index contributed by atoms with van der Waals surface area (Å²) in [6, 6.07) is 17.4. The third-order valence-corrected chi connectivity index (χ3v) is 3.87. The summed E-state index contributed by atoms with van der Waals surface area (Å²) in [5, 5.41) is 3.65. The SMILES string of the molecule is Nc1cccc(CC[C@H]2CCc3ccccc3N2)c1. The number of hydrogen-bond donors (Lipinski definition) is 2. The number of nitrogens with one attached hydrogen (secondary N) is 1. The number of nitrogen functional groups attached to an aromatic ring is 1. The van der Waals surface area contributed by atoms with Crippen molar-refractivity contribution in [2.75, 3.05) is 11.1 Å². The molecule has 0 bridgehead atoms. The van der Waals surface area contributed by atoms with Gasteiger partial charge >= 0.3 is 0 Å². The van der Waals surface area contributed by atoms with Gasteiger partial charge in [-0.25, -0.2) is 0 Å². The van der Waals surface area contributed by atoms with Gasteiger partial charge in [0, 0.05) is 17.4 Å². The summed E-state index contributed by atoms with van der Waals surface area (Å²) in [6.07, 6.45) is 4.66. The van der Waals surface area contributed by atoms with Crippen LogP contribution in [0.25, 0.3) is 0 Å². The lowest BCUT2D eigenvalue weighted by Crippen LogP contribution is -2.25. The standard InChI is InChI=1S/C17H20N2/c18-15-6-3-4-13(12-15)8-10-16-11-9-14-5-1-2-7-17(14)19-16/h1-7,12,16,19H,8-11,18H2/t16-/m0/s1. The van der Waals surface area contributed by atoms with Crippen LogP contribution in [0.4, 0.5) is 11.4 Å². The Labute approximate surface area is 114 Å². The minimum Gasteiger partial charge on any atom is -0.399 e. The zero-order valence-corrected chi connectivity index (χ0v) is 11.1. The van der Waals surface area contributed by atoms with Gasteiger partial charge in [-0.2, -0.15) is 0 Å². The van der Waals surface area contributed by atoms with E-state index in [0.717, 1.165) is 18.5 Å². The molecule has 0 unspecified atom stereocenters. The molecule has 1 atom stereocenters. The molecule has 1 aliphatic heterocycles. The minimum absolute atomic E-state index is 0.580. The molecule has 0 fully saturated rings. The van der Waals surface area contributed by atoms with E-state index < -0.39 is 0 Å². The first-order valence-corrected chi connectivity index (χ1v) is 7.00. The van der Waals surface area contributed by atoms with Crippen LogP contribution in [0, 0.1) is 0 Å². The lowest BCUT2D eigenvalue weighted by molar-refractivity contribution is 0.587. The molecule has 2 aromatic rings. The van der Waals surface area contributed by atoms with Gasteiger partial charge in [0.2, 0.25) is 0 Å². The highest BCUT2D eigenvalue weighted by Gasteiger charge is 2.16. The molecule has 98 valence electrons. The van der Waals surface area contributed by atoms with E-state index in [0.29, 0.717) is 6.04 Å². The van der Waals surface area contributed by atoms with Crippen LogP contribution in [0.2, 0.25) is 0 Å². The maximum absolute atomic E-state index is 5.81. The third-order valence-electron chi connectivity index (χ3n) is 3.87. The summed E-state index contributed by atoms with van der Waals surface area (Å²) in [4.78, 5) is 0. The quantitative estimate of drug-likeness (QED) is 0.819. The molecule has 0 radical (unpaired) electrons. The molecule has 0 spiro atoms. The number of hydrogen-bond acceptors (Lipinski definition) is 2. The smallest absolute Gasteiger partial charge is 0.0374 e. The third kappa shape index (κ3) is 2.90. The van der Waals surface area contributed by atoms with Gasteiger partial charge < -0.3 is 11.1 Å². The Morgan fingerprint density at radius 1 is 1.11 bits per heavy atom. The first kappa shape index (κ1) is 12.1. The monoisotopic (exact) mass is 252 g/mol. The summed E-state index contributed by atoms with van der Waals surface area (Å²) in [5.74, 6) is 0. The highest BCUT2D eigenvalue weighted by molar-refractivity contribution is 5.53. The number of para-hydroxylation sites is 1. The van der Waals surface area contributed by atoms with E-state index in [9.17, 15) is 0 Å². The normalized spacial score (nSPS) is 17.6. The van der Waals surface area contributed by atoms with Gasteiger partial charge in [0.05, 0.1) is 0 Å². The molecule has 0 saturated heterocycles. The fourth-order valence-electron chi connectivity index (χ4n) is 2.81. The van der Waals surface area contributed by atoms with E-state index in [2.05, 4.69) is 41.7 Å². The van der Waals surface area contributed by atoms with Crippen LogP contribution >= 0.6 is 0 Å². The molecule has 0 aliphatic carbocycles. The molecule has 2 aromatic carbocycles. The fraction of sp³-hybridized carbons (Fsp3) is 0.294. The molecule has 0 aromatic heterocycles. The Bertz CT molecular complexity index is 563. The summed E-state index contributed by atoms with van der Waals surface area (Å²) in [7, 11) is 0. The van der Waals surface area contributed by atoms with E-state index in [-0.39, 0.29) is 0 Å². The molecule has 3 N–H and O–H groups in total. The predicted octanol–water partition coefficient (Wildman–Crippen LogP) is 3.63. The molecule has 19 heavy (non-hydrogen) atoms. The van der Waals surface area contributed by atoms with Crippen LogP contribution in [0.15, 0.2) is 48.5 Å². The lowest BCUT2D eigenvalue weighted by Gasteiger charge is -2.27. The van der Waals surface area contributed by atoms with Crippen LogP contribution in [0.3, 0.4) is 0 Å². The van der Waals surface area contributed by atoms with Crippen molar-refractivity contribution >= 4 is 11.4 Å². The molecular weight excluding hydrogens is 232 g/mol. The van der Waals surface area contributed by atoms with Crippen molar-refractivity contribution in [3.05, 3.63) is 59.7 Å². The maximum Gasteiger partial charge on any atom is 0.0374 e. The van der Waals surface area contributed by atoms with Crippen LogP contribution in [-0.2, 0) is 12.8 Å². The Hall–Kier alpha value is -1.96. The highest BCUT2D eigenvalue weighted by Crippen LogP contribution is 2.26. The molecule has 2 nitrogen and oxygen atoms in total. The first-order valence-electron chi connectivity index (χ1n) is 7.00. The summed E-state index contributed by atoms with van der Waals surface area (Å²) in [5.41, 5.74) is 10.8. The van der Waals surface area contributed by atoms with Gasteiger partial charge in [-0.1, -0.05) is 30.3 Å². The van der Waals surface area contributed by atoms with Crippen LogP contribution in [0.5, 0.6) is 0 Å². The molecule has 1 aliphatic rings. The van der Waals surface area contributed by atoms with E-state index in [1.807, 2.05) is 12.1 Å². The van der Waals surface area contributed by atoms with Gasteiger partial charge in [-0.15, -0.1) is 0 Å². The number of aryl methyl sites for hydroxylation is 2. The Balaban J connectivity index is 1.61. The molecule has 2 heteroatoms. The van der Waals surface area contributed by atoms with Gasteiger partial charge in [0.25, 0.3) is 0 Å². The summed E-state index contributed by atoms with van der Waals surface area (Å²) < 4.78 is 0. The number of fused-ring (bicyclic) bond motifs is 1. The fourth-order valence-corrected chi connectivity index (χ4v) is 2.81. The van der Waals surface area contributed by atoms with Gasteiger partial charge in [-0.3, -0.25) is 0 Å². The van der Waals surface area contributed by atoms with Crippen molar-refractivity contribution in [3.63, 3.8) is 0 Å². The first-order chi connectivity index (χ1) is 9.31. The largest absolute Gasteiger partial charge is 0.399 e. The second-order valence-corrected chi connectivity index (χ2v) is 5.32. The maximum atomic E-state index is 5.81. The van der Waals surface area contributed by atoms with Crippen molar-refractivity contribution in [3.8, 4) is 0 Å². The second-order valence-electron chi connectivity index (χ2n) is 5.32. The van der Waals surface area contributed by atoms with Gasteiger partial charge in [0.1, 0.15) is 0 Å². The summed E-state index contributed by atoms with van der Waals surface area (Å²) >= 11 is 0. The minimum atomic E-state index is 0.580. The number of rotatable bonds is 3. The van der Waals surface area contributed by atoms with Crippen molar-refractivity contribution < 1.29 is 0 Å². The average molecular weight is 252 g/mol. The Kier molecular flexibility index (Phi) is 3.41. The van der Waals surface area contributed by atoms with E-state index in [4.69, 9.17) is 5.73 Å². The number of benzene rings is 2. The predicted molar refractivity (Wildman–Crippen MR) is 81.3 cm³/mol. The van der Waals surface area contributed by atoms with E-state index in [1.165, 1.54) is 29.7 Å². The number of anilines is 2. The van der Waals surface area contributed by atoms with Crippen molar-refractivity contribution in [1.29, 1.82) is 0 Å². The van der Waals surface area contributed by atoms with Crippen LogP contribution in [0.1, 0.15) is 24.0 Å². The zero-order valence-electron chi connectivity index (χ0n) is 11.1. The summed E-state index contributed by atoms with van der Waals surface area (Å²) in [6.45, 7) is 0. The molecule has 3 rings (SSSR count). The van der Waals surface area contributed by atoms with E-state index in [1.54, 1.807) is 0 Å². The Morgan fingerprint density at radius 2 is 2.00 bits per heavy atom.